The largest absolute Gasteiger partial charge is 0.444 e. The number of carbonyl (C=O) groups excluding carboxylic acids is 1. The SMILES string of the molecule is CC(C)(C)OC(=O)N1CCC(CCN[C@@H]2C[C@@]23CCCc2ccccc23)CC1. The van der Waals surface area contributed by atoms with E-state index in [0.29, 0.717) is 11.5 Å². The second-order valence-electron chi connectivity index (χ2n) is 10.1. The topological polar surface area (TPSA) is 41.6 Å². The lowest BCUT2D eigenvalue weighted by Crippen LogP contribution is -2.42. The monoisotopic (exact) mass is 384 g/mol. The van der Waals surface area contributed by atoms with Crippen LogP contribution in [0.1, 0.15) is 70.4 Å². The first-order valence-electron chi connectivity index (χ1n) is 11.2. The number of amides is 1. The minimum absolute atomic E-state index is 0.153. The third-order valence-corrected chi connectivity index (χ3v) is 6.91. The van der Waals surface area contributed by atoms with Crippen molar-refractivity contribution in [3.8, 4) is 0 Å². The summed E-state index contributed by atoms with van der Waals surface area (Å²) in [6.45, 7) is 8.56. The Labute approximate surface area is 170 Å². The van der Waals surface area contributed by atoms with Crippen LogP contribution < -0.4 is 5.32 Å². The highest BCUT2D eigenvalue weighted by Gasteiger charge is 2.56. The lowest BCUT2D eigenvalue weighted by Gasteiger charge is -2.33. The van der Waals surface area contributed by atoms with Crippen LogP contribution in [-0.4, -0.2) is 42.3 Å². The van der Waals surface area contributed by atoms with Gasteiger partial charge in [0.25, 0.3) is 0 Å². The first kappa shape index (κ1) is 19.8. The van der Waals surface area contributed by atoms with Gasteiger partial charge < -0.3 is 15.0 Å². The van der Waals surface area contributed by atoms with E-state index in [4.69, 9.17) is 4.74 Å². The summed E-state index contributed by atoms with van der Waals surface area (Å²) in [5.74, 6) is 0.722. The molecule has 1 spiro atoms. The number of aryl methyl sites for hydroxylation is 1. The molecule has 154 valence electrons. The number of nitrogens with zero attached hydrogens (tertiary/aromatic N) is 1. The van der Waals surface area contributed by atoms with Gasteiger partial charge in [0.1, 0.15) is 5.60 Å². The highest BCUT2D eigenvalue weighted by molar-refractivity contribution is 5.68. The molecule has 1 N–H and O–H groups in total. The Balaban J connectivity index is 1.20. The molecule has 4 nitrogen and oxygen atoms in total. The van der Waals surface area contributed by atoms with Crippen molar-refractivity contribution < 1.29 is 9.53 Å². The van der Waals surface area contributed by atoms with E-state index in [1.54, 1.807) is 11.1 Å². The van der Waals surface area contributed by atoms with Crippen LogP contribution in [0.4, 0.5) is 4.79 Å². The van der Waals surface area contributed by atoms with Gasteiger partial charge in [0.05, 0.1) is 0 Å². The zero-order valence-electron chi connectivity index (χ0n) is 17.8. The molecule has 1 saturated carbocycles. The summed E-state index contributed by atoms with van der Waals surface area (Å²) in [4.78, 5) is 14.1. The maximum Gasteiger partial charge on any atom is 0.410 e. The number of nitrogens with one attached hydrogen (secondary N) is 1. The van der Waals surface area contributed by atoms with E-state index >= 15 is 0 Å². The molecule has 1 saturated heterocycles. The molecule has 4 rings (SSSR count). The minimum Gasteiger partial charge on any atom is -0.444 e. The van der Waals surface area contributed by atoms with Crippen molar-refractivity contribution in [2.75, 3.05) is 19.6 Å². The second-order valence-corrected chi connectivity index (χ2v) is 10.1. The summed E-state index contributed by atoms with van der Waals surface area (Å²) < 4.78 is 5.50. The molecule has 1 heterocycles. The molecule has 0 unspecified atom stereocenters. The summed E-state index contributed by atoms with van der Waals surface area (Å²) in [5, 5.41) is 3.87. The number of hydrogen-bond donors (Lipinski definition) is 1. The number of fused-ring (bicyclic) bond motifs is 2. The van der Waals surface area contributed by atoms with E-state index in [9.17, 15) is 4.79 Å². The molecule has 0 bridgehead atoms. The molecule has 2 fully saturated rings. The zero-order chi connectivity index (χ0) is 19.8. The predicted octanol–water partition coefficient (Wildman–Crippen LogP) is 4.66. The van der Waals surface area contributed by atoms with Crippen molar-refractivity contribution in [1.29, 1.82) is 0 Å². The molecule has 2 atom stereocenters. The molecule has 1 amide bonds. The van der Waals surface area contributed by atoms with Crippen LogP contribution in [-0.2, 0) is 16.6 Å². The van der Waals surface area contributed by atoms with E-state index in [2.05, 4.69) is 29.6 Å². The fourth-order valence-electron chi connectivity index (χ4n) is 5.29. The fourth-order valence-corrected chi connectivity index (χ4v) is 5.29. The van der Waals surface area contributed by atoms with E-state index in [0.717, 1.165) is 38.4 Å². The Morgan fingerprint density at radius 3 is 2.75 bits per heavy atom. The third-order valence-electron chi connectivity index (χ3n) is 6.91. The van der Waals surface area contributed by atoms with Gasteiger partial charge in [-0.25, -0.2) is 4.79 Å². The van der Waals surface area contributed by atoms with E-state index in [-0.39, 0.29) is 6.09 Å². The summed E-state index contributed by atoms with van der Waals surface area (Å²) in [6.07, 6.45) is 8.49. The number of likely N-dealkylation sites (tertiary alicyclic amines) is 1. The maximum atomic E-state index is 12.2. The number of ether oxygens (including phenoxy) is 1. The summed E-state index contributed by atoms with van der Waals surface area (Å²) in [6, 6.07) is 9.74. The van der Waals surface area contributed by atoms with Gasteiger partial charge in [-0.3, -0.25) is 0 Å². The van der Waals surface area contributed by atoms with Crippen LogP contribution in [0.5, 0.6) is 0 Å². The van der Waals surface area contributed by atoms with Crippen LogP contribution >= 0.6 is 0 Å². The molecule has 28 heavy (non-hydrogen) atoms. The van der Waals surface area contributed by atoms with Gasteiger partial charge in [0.2, 0.25) is 0 Å². The van der Waals surface area contributed by atoms with E-state index in [1.165, 1.54) is 32.1 Å². The standard InChI is InChI=1S/C24H36N2O2/c1-23(2,3)28-22(27)26-15-11-18(12-16-26)10-14-25-21-17-24(21)13-6-8-19-7-4-5-9-20(19)24/h4-5,7,9,18,21,25H,6,8,10-17H2,1-3H3/t21-,24-/m1/s1. The molecule has 2 aliphatic carbocycles. The third kappa shape index (κ3) is 4.22. The van der Waals surface area contributed by atoms with Crippen LogP contribution in [0.25, 0.3) is 0 Å². The summed E-state index contributed by atoms with van der Waals surface area (Å²) >= 11 is 0. The van der Waals surface area contributed by atoms with Crippen LogP contribution in [0.15, 0.2) is 24.3 Å². The fraction of sp³-hybridized carbons (Fsp3) is 0.708. The van der Waals surface area contributed by atoms with Crippen molar-refractivity contribution in [2.45, 2.75) is 82.8 Å². The van der Waals surface area contributed by atoms with Crippen LogP contribution in [0.2, 0.25) is 0 Å². The normalized spacial score (nSPS) is 27.5. The average Bonchev–Trinajstić information content (AvgIpc) is 3.34. The van der Waals surface area contributed by atoms with Gasteiger partial charge in [-0.15, -0.1) is 0 Å². The van der Waals surface area contributed by atoms with Crippen molar-refractivity contribution in [3.63, 3.8) is 0 Å². The first-order chi connectivity index (χ1) is 13.4. The van der Waals surface area contributed by atoms with Crippen molar-refractivity contribution >= 4 is 6.09 Å². The first-order valence-corrected chi connectivity index (χ1v) is 11.2. The highest BCUT2D eigenvalue weighted by atomic mass is 16.6. The quantitative estimate of drug-likeness (QED) is 0.821. The van der Waals surface area contributed by atoms with E-state index in [1.807, 2.05) is 25.7 Å². The Morgan fingerprint density at radius 1 is 1.25 bits per heavy atom. The predicted molar refractivity (Wildman–Crippen MR) is 113 cm³/mol. The van der Waals surface area contributed by atoms with Gasteiger partial charge in [-0.1, -0.05) is 24.3 Å². The minimum atomic E-state index is -0.407. The molecule has 1 aliphatic heterocycles. The second kappa shape index (κ2) is 7.70. The van der Waals surface area contributed by atoms with Crippen molar-refractivity contribution in [3.05, 3.63) is 35.4 Å². The van der Waals surface area contributed by atoms with Crippen LogP contribution in [0, 0.1) is 5.92 Å². The van der Waals surface area contributed by atoms with Gasteiger partial charge >= 0.3 is 6.09 Å². The molecule has 0 aromatic heterocycles. The molecule has 4 heteroatoms. The Hall–Kier alpha value is -1.55. The van der Waals surface area contributed by atoms with Gasteiger partial charge in [-0.2, -0.15) is 0 Å². The number of rotatable bonds is 4. The smallest absolute Gasteiger partial charge is 0.410 e. The lowest BCUT2D eigenvalue weighted by atomic mass is 9.79. The molecule has 0 radical (unpaired) electrons. The average molecular weight is 385 g/mol. The Morgan fingerprint density at radius 2 is 2.00 bits per heavy atom. The number of carbonyl (C=O) groups is 1. The summed E-state index contributed by atoms with van der Waals surface area (Å²) in [7, 11) is 0. The summed E-state index contributed by atoms with van der Waals surface area (Å²) in [5.41, 5.74) is 3.21. The van der Waals surface area contributed by atoms with Gasteiger partial charge in [0, 0.05) is 24.5 Å². The molecule has 3 aliphatic rings. The van der Waals surface area contributed by atoms with E-state index < -0.39 is 5.60 Å². The lowest BCUT2D eigenvalue weighted by molar-refractivity contribution is 0.0181. The highest BCUT2D eigenvalue weighted by Crippen LogP contribution is 2.55. The van der Waals surface area contributed by atoms with Crippen LogP contribution in [0.3, 0.4) is 0 Å². The molecular weight excluding hydrogens is 348 g/mol. The number of piperidine rings is 1. The number of benzene rings is 1. The maximum absolute atomic E-state index is 12.2. The van der Waals surface area contributed by atoms with Gasteiger partial charge in [-0.05, 0) is 89.3 Å². The molecular formula is C24H36N2O2. The number of hydrogen-bond acceptors (Lipinski definition) is 3. The van der Waals surface area contributed by atoms with Crippen molar-refractivity contribution in [2.24, 2.45) is 5.92 Å². The molecule has 1 aromatic rings. The zero-order valence-corrected chi connectivity index (χ0v) is 17.8. The van der Waals surface area contributed by atoms with Crippen molar-refractivity contribution in [1.82, 2.24) is 10.2 Å². The van der Waals surface area contributed by atoms with Gasteiger partial charge in [0.15, 0.2) is 0 Å². The molecule has 1 aromatic carbocycles. The Kier molecular flexibility index (Phi) is 5.43. The Bertz CT molecular complexity index is 703.